The molecule has 0 saturated heterocycles. The van der Waals surface area contributed by atoms with Crippen molar-refractivity contribution in [1.82, 2.24) is 9.97 Å². The summed E-state index contributed by atoms with van der Waals surface area (Å²) in [5, 5.41) is 9.25. The molecule has 1 rings (SSSR count). The van der Waals surface area contributed by atoms with E-state index in [1.807, 2.05) is 0 Å². The predicted molar refractivity (Wildman–Crippen MR) is 61.6 cm³/mol. The normalized spacial score (nSPS) is 11.4. The standard InChI is InChI=1S/C10H12N2O3S/c1-2-7(9(14)15)4-6-16-10-11-5-3-8(13)12-10/h3-5H,2,6H2,1H3,(H,14,15)(H,11,12,13). The lowest BCUT2D eigenvalue weighted by molar-refractivity contribution is -0.132. The first-order valence-corrected chi connectivity index (χ1v) is 5.72. The quantitative estimate of drug-likeness (QED) is 0.460. The van der Waals surface area contributed by atoms with Gasteiger partial charge in [0.15, 0.2) is 5.16 Å². The summed E-state index contributed by atoms with van der Waals surface area (Å²) >= 11 is 1.29. The van der Waals surface area contributed by atoms with Gasteiger partial charge in [-0.05, 0) is 6.42 Å². The maximum atomic E-state index is 10.9. The van der Waals surface area contributed by atoms with Gasteiger partial charge in [-0.3, -0.25) is 4.79 Å². The van der Waals surface area contributed by atoms with E-state index in [0.29, 0.717) is 22.9 Å². The molecule has 1 aromatic rings. The first-order valence-electron chi connectivity index (χ1n) is 4.74. The maximum Gasteiger partial charge on any atom is 0.331 e. The fourth-order valence-electron chi connectivity index (χ4n) is 1.03. The molecular formula is C10H12N2O3S. The molecule has 1 heterocycles. The number of hydrogen-bond acceptors (Lipinski definition) is 4. The van der Waals surface area contributed by atoms with E-state index in [-0.39, 0.29) is 5.56 Å². The second kappa shape index (κ2) is 6.12. The number of nitrogens with one attached hydrogen (secondary N) is 1. The molecule has 5 nitrogen and oxygen atoms in total. The average Bonchev–Trinajstić information content (AvgIpc) is 2.24. The summed E-state index contributed by atoms with van der Waals surface area (Å²) in [7, 11) is 0. The van der Waals surface area contributed by atoms with Crippen LogP contribution in [0.2, 0.25) is 0 Å². The largest absolute Gasteiger partial charge is 0.478 e. The van der Waals surface area contributed by atoms with Crippen LogP contribution in [0.1, 0.15) is 13.3 Å². The molecule has 0 unspecified atom stereocenters. The first-order chi connectivity index (χ1) is 7.63. The molecule has 0 fully saturated rings. The fraction of sp³-hybridized carbons (Fsp3) is 0.300. The highest BCUT2D eigenvalue weighted by atomic mass is 32.2. The number of carbonyl (C=O) groups is 1. The molecule has 0 aliphatic carbocycles. The van der Waals surface area contributed by atoms with Crippen molar-refractivity contribution in [1.29, 1.82) is 0 Å². The molecule has 0 radical (unpaired) electrons. The van der Waals surface area contributed by atoms with E-state index in [4.69, 9.17) is 5.11 Å². The summed E-state index contributed by atoms with van der Waals surface area (Å²) in [6.45, 7) is 1.78. The van der Waals surface area contributed by atoms with Crippen molar-refractivity contribution < 1.29 is 9.90 Å². The molecular weight excluding hydrogens is 228 g/mol. The van der Waals surface area contributed by atoms with Crippen molar-refractivity contribution in [3.8, 4) is 0 Å². The molecule has 0 saturated carbocycles. The maximum absolute atomic E-state index is 10.9. The van der Waals surface area contributed by atoms with Gasteiger partial charge < -0.3 is 10.1 Å². The average molecular weight is 240 g/mol. The number of rotatable bonds is 5. The minimum atomic E-state index is -0.905. The second-order valence-corrected chi connectivity index (χ2v) is 3.95. The number of aromatic amines is 1. The molecule has 0 aromatic carbocycles. The molecule has 0 spiro atoms. The molecule has 2 N–H and O–H groups in total. The smallest absolute Gasteiger partial charge is 0.331 e. The van der Waals surface area contributed by atoms with Crippen LogP contribution in [0.15, 0.2) is 33.9 Å². The van der Waals surface area contributed by atoms with Gasteiger partial charge in [0.2, 0.25) is 0 Å². The van der Waals surface area contributed by atoms with E-state index in [2.05, 4.69) is 9.97 Å². The third-order valence-corrected chi connectivity index (χ3v) is 2.67. The van der Waals surface area contributed by atoms with Crippen molar-refractivity contribution in [3.05, 3.63) is 34.3 Å². The molecule has 16 heavy (non-hydrogen) atoms. The first kappa shape index (κ1) is 12.5. The van der Waals surface area contributed by atoms with Gasteiger partial charge in [-0.15, -0.1) is 0 Å². The fourth-order valence-corrected chi connectivity index (χ4v) is 1.78. The molecule has 1 aromatic heterocycles. The summed E-state index contributed by atoms with van der Waals surface area (Å²) < 4.78 is 0. The van der Waals surface area contributed by atoms with Gasteiger partial charge in [0.1, 0.15) is 0 Å². The highest BCUT2D eigenvalue weighted by Gasteiger charge is 2.03. The molecule has 86 valence electrons. The van der Waals surface area contributed by atoms with Crippen molar-refractivity contribution in [2.45, 2.75) is 18.5 Å². The number of carboxylic acid groups (broad SMARTS) is 1. The van der Waals surface area contributed by atoms with Crippen LogP contribution in [0.5, 0.6) is 0 Å². The summed E-state index contributed by atoms with van der Waals surface area (Å²) in [5.74, 6) is -0.430. The lowest BCUT2D eigenvalue weighted by Gasteiger charge is -1.98. The van der Waals surface area contributed by atoms with Crippen LogP contribution >= 0.6 is 11.8 Å². The molecule has 0 amide bonds. The van der Waals surface area contributed by atoms with Gasteiger partial charge in [-0.2, -0.15) is 0 Å². The Balaban J connectivity index is 2.58. The topological polar surface area (TPSA) is 83.0 Å². The molecule has 0 aliphatic heterocycles. The summed E-state index contributed by atoms with van der Waals surface area (Å²) in [4.78, 5) is 28.1. The van der Waals surface area contributed by atoms with E-state index in [1.54, 1.807) is 13.0 Å². The van der Waals surface area contributed by atoms with E-state index < -0.39 is 5.97 Å². The Morgan fingerprint density at radius 1 is 1.69 bits per heavy atom. The monoisotopic (exact) mass is 240 g/mol. The van der Waals surface area contributed by atoms with Crippen LogP contribution in [0.25, 0.3) is 0 Å². The Hall–Kier alpha value is -1.56. The van der Waals surface area contributed by atoms with Crippen LogP contribution in [-0.2, 0) is 4.79 Å². The number of thioether (sulfide) groups is 1. The number of carboxylic acids is 1. The minimum absolute atomic E-state index is 0.213. The molecule has 0 bridgehead atoms. The zero-order valence-electron chi connectivity index (χ0n) is 8.77. The number of H-pyrrole nitrogens is 1. The lowest BCUT2D eigenvalue weighted by atomic mass is 10.2. The zero-order valence-corrected chi connectivity index (χ0v) is 9.58. The van der Waals surface area contributed by atoms with Crippen LogP contribution in [0, 0.1) is 0 Å². The van der Waals surface area contributed by atoms with Gasteiger partial charge in [-0.1, -0.05) is 24.8 Å². The Bertz CT molecular complexity index is 453. The van der Waals surface area contributed by atoms with E-state index >= 15 is 0 Å². The second-order valence-electron chi connectivity index (χ2n) is 2.94. The predicted octanol–water partition coefficient (Wildman–Crippen LogP) is 1.28. The summed E-state index contributed by atoms with van der Waals surface area (Å²) in [5.41, 5.74) is 0.154. The van der Waals surface area contributed by atoms with Crippen molar-refractivity contribution in [2.75, 3.05) is 5.75 Å². The Kier molecular flexibility index (Phi) is 4.78. The Labute approximate surface area is 96.6 Å². The molecule has 0 aliphatic rings. The zero-order chi connectivity index (χ0) is 12.0. The van der Waals surface area contributed by atoms with Gasteiger partial charge in [-0.25, -0.2) is 9.78 Å². The van der Waals surface area contributed by atoms with Crippen molar-refractivity contribution in [3.63, 3.8) is 0 Å². The van der Waals surface area contributed by atoms with Crippen LogP contribution in [0.3, 0.4) is 0 Å². The number of aromatic nitrogens is 2. The SMILES string of the molecule is CCC(=CCSc1nccc(=O)[nH]1)C(=O)O. The van der Waals surface area contributed by atoms with Gasteiger partial charge >= 0.3 is 5.97 Å². The molecule has 0 atom stereocenters. The molecule has 6 heteroatoms. The lowest BCUT2D eigenvalue weighted by Crippen LogP contribution is -2.05. The highest BCUT2D eigenvalue weighted by Crippen LogP contribution is 2.12. The van der Waals surface area contributed by atoms with E-state index in [0.717, 1.165) is 0 Å². The van der Waals surface area contributed by atoms with Crippen LogP contribution < -0.4 is 5.56 Å². The van der Waals surface area contributed by atoms with Gasteiger partial charge in [0, 0.05) is 23.6 Å². The van der Waals surface area contributed by atoms with E-state index in [9.17, 15) is 9.59 Å². The van der Waals surface area contributed by atoms with Crippen molar-refractivity contribution >= 4 is 17.7 Å². The highest BCUT2D eigenvalue weighted by molar-refractivity contribution is 7.99. The van der Waals surface area contributed by atoms with Crippen molar-refractivity contribution in [2.24, 2.45) is 0 Å². The minimum Gasteiger partial charge on any atom is -0.478 e. The van der Waals surface area contributed by atoms with Crippen LogP contribution in [-0.4, -0.2) is 26.8 Å². The van der Waals surface area contributed by atoms with Gasteiger partial charge in [0.05, 0.1) is 0 Å². The Morgan fingerprint density at radius 3 is 3.00 bits per heavy atom. The number of nitrogens with zero attached hydrogens (tertiary/aromatic N) is 1. The third-order valence-electron chi connectivity index (χ3n) is 1.85. The summed E-state index contributed by atoms with van der Waals surface area (Å²) in [6.07, 6.45) is 3.53. The van der Waals surface area contributed by atoms with E-state index in [1.165, 1.54) is 24.0 Å². The third kappa shape index (κ3) is 3.90. The summed E-state index contributed by atoms with van der Waals surface area (Å²) in [6, 6.07) is 1.33. The van der Waals surface area contributed by atoms with Gasteiger partial charge in [0.25, 0.3) is 5.56 Å². The van der Waals surface area contributed by atoms with Crippen LogP contribution in [0.4, 0.5) is 0 Å². The Morgan fingerprint density at radius 2 is 2.44 bits per heavy atom. The number of hydrogen-bond donors (Lipinski definition) is 2. The number of aliphatic carboxylic acids is 1.